The molecule has 0 saturated heterocycles. The summed E-state index contributed by atoms with van der Waals surface area (Å²) >= 11 is 0. The second-order valence-corrected chi connectivity index (χ2v) is 3.78. The Hall–Kier alpha value is -1.31. The van der Waals surface area contributed by atoms with Crippen LogP contribution in [0.25, 0.3) is 0 Å². The second kappa shape index (κ2) is 5.54. The summed E-state index contributed by atoms with van der Waals surface area (Å²) in [6.07, 6.45) is 0.755. The zero-order valence-electron chi connectivity index (χ0n) is 9.62. The van der Waals surface area contributed by atoms with Crippen LogP contribution in [-0.4, -0.2) is 12.6 Å². The number of esters is 1. The van der Waals surface area contributed by atoms with Gasteiger partial charge in [-0.1, -0.05) is 31.2 Å². The standard InChI is InChI=1S/C13H18O2/c1-4-15-13(14)11(3)9-12-8-6-5-7-10(12)2/h5-8,11H,4,9H2,1-3H3/t11-/m1/s1. The molecule has 0 unspecified atom stereocenters. The summed E-state index contributed by atoms with van der Waals surface area (Å²) < 4.78 is 4.98. The van der Waals surface area contributed by atoms with Crippen molar-refractivity contribution >= 4 is 5.97 Å². The van der Waals surface area contributed by atoms with Gasteiger partial charge in [-0.05, 0) is 31.4 Å². The van der Waals surface area contributed by atoms with Crippen molar-refractivity contribution in [1.82, 2.24) is 0 Å². The molecular formula is C13H18O2. The lowest BCUT2D eigenvalue weighted by molar-refractivity contribution is -0.147. The van der Waals surface area contributed by atoms with Crippen molar-refractivity contribution < 1.29 is 9.53 Å². The van der Waals surface area contributed by atoms with Gasteiger partial charge in [-0.15, -0.1) is 0 Å². The summed E-state index contributed by atoms with van der Waals surface area (Å²) in [6, 6.07) is 8.13. The molecule has 0 radical (unpaired) electrons. The summed E-state index contributed by atoms with van der Waals surface area (Å²) in [6.45, 7) is 6.26. The van der Waals surface area contributed by atoms with Gasteiger partial charge in [0.2, 0.25) is 0 Å². The Bertz CT molecular complexity index is 331. The Labute approximate surface area is 91.3 Å². The number of rotatable bonds is 4. The van der Waals surface area contributed by atoms with E-state index in [0.29, 0.717) is 6.61 Å². The van der Waals surface area contributed by atoms with Crippen LogP contribution in [0, 0.1) is 12.8 Å². The van der Waals surface area contributed by atoms with Gasteiger partial charge in [0, 0.05) is 0 Å². The van der Waals surface area contributed by atoms with E-state index >= 15 is 0 Å². The first kappa shape index (κ1) is 11.8. The van der Waals surface area contributed by atoms with Crippen molar-refractivity contribution in [2.24, 2.45) is 5.92 Å². The van der Waals surface area contributed by atoms with Crippen LogP contribution in [0.3, 0.4) is 0 Å². The third kappa shape index (κ3) is 3.39. The maximum atomic E-state index is 11.4. The fourth-order valence-corrected chi connectivity index (χ4v) is 1.54. The van der Waals surface area contributed by atoms with Crippen molar-refractivity contribution in [2.45, 2.75) is 27.2 Å². The van der Waals surface area contributed by atoms with Crippen molar-refractivity contribution in [3.8, 4) is 0 Å². The van der Waals surface area contributed by atoms with Gasteiger partial charge in [0.1, 0.15) is 0 Å². The molecule has 0 aliphatic rings. The summed E-state index contributed by atoms with van der Waals surface area (Å²) in [5, 5.41) is 0. The normalized spacial score (nSPS) is 12.2. The molecule has 1 rings (SSSR count). The Morgan fingerprint density at radius 3 is 2.67 bits per heavy atom. The first-order valence-corrected chi connectivity index (χ1v) is 5.36. The Kier molecular flexibility index (Phi) is 4.35. The van der Waals surface area contributed by atoms with Crippen LogP contribution in [0.5, 0.6) is 0 Å². The number of ether oxygens (including phenoxy) is 1. The lowest BCUT2D eigenvalue weighted by Gasteiger charge is -2.11. The summed E-state index contributed by atoms with van der Waals surface area (Å²) in [4.78, 5) is 11.4. The highest BCUT2D eigenvalue weighted by atomic mass is 16.5. The lowest BCUT2D eigenvalue weighted by Crippen LogP contribution is -2.17. The summed E-state index contributed by atoms with van der Waals surface area (Å²) in [5.41, 5.74) is 2.45. The van der Waals surface area contributed by atoms with Gasteiger partial charge >= 0.3 is 5.97 Å². The number of carbonyl (C=O) groups excluding carboxylic acids is 1. The van der Waals surface area contributed by atoms with Crippen molar-refractivity contribution in [2.75, 3.05) is 6.61 Å². The molecule has 0 N–H and O–H groups in total. The highest BCUT2D eigenvalue weighted by Gasteiger charge is 2.14. The first-order valence-electron chi connectivity index (χ1n) is 5.36. The molecule has 2 nitrogen and oxygen atoms in total. The first-order chi connectivity index (χ1) is 7.15. The molecule has 1 aromatic carbocycles. The third-order valence-corrected chi connectivity index (χ3v) is 2.48. The molecule has 82 valence electrons. The average molecular weight is 206 g/mol. The predicted molar refractivity (Wildman–Crippen MR) is 60.7 cm³/mol. The van der Waals surface area contributed by atoms with Crippen molar-refractivity contribution in [1.29, 1.82) is 0 Å². The van der Waals surface area contributed by atoms with E-state index in [1.807, 2.05) is 26.0 Å². The molecule has 0 fully saturated rings. The lowest BCUT2D eigenvalue weighted by atomic mass is 9.98. The molecule has 0 aromatic heterocycles. The minimum absolute atomic E-state index is 0.0638. The Morgan fingerprint density at radius 2 is 2.07 bits per heavy atom. The molecule has 0 aliphatic heterocycles. The van der Waals surface area contributed by atoms with Crippen LogP contribution < -0.4 is 0 Å². The maximum absolute atomic E-state index is 11.4. The quantitative estimate of drug-likeness (QED) is 0.708. The van der Waals surface area contributed by atoms with Gasteiger partial charge in [-0.25, -0.2) is 0 Å². The van der Waals surface area contributed by atoms with Crippen LogP contribution >= 0.6 is 0 Å². The molecule has 0 heterocycles. The monoisotopic (exact) mass is 206 g/mol. The van der Waals surface area contributed by atoms with E-state index < -0.39 is 0 Å². The zero-order valence-corrected chi connectivity index (χ0v) is 9.62. The highest BCUT2D eigenvalue weighted by molar-refractivity contribution is 5.72. The van der Waals surface area contributed by atoms with E-state index in [9.17, 15) is 4.79 Å². The molecule has 0 aliphatic carbocycles. The fourth-order valence-electron chi connectivity index (χ4n) is 1.54. The maximum Gasteiger partial charge on any atom is 0.308 e. The number of benzene rings is 1. The van der Waals surface area contributed by atoms with E-state index in [-0.39, 0.29) is 11.9 Å². The van der Waals surface area contributed by atoms with E-state index in [0.717, 1.165) is 6.42 Å². The van der Waals surface area contributed by atoms with Gasteiger partial charge < -0.3 is 4.74 Å². The average Bonchev–Trinajstić information content (AvgIpc) is 2.21. The molecule has 1 aromatic rings. The Morgan fingerprint density at radius 1 is 1.40 bits per heavy atom. The molecule has 15 heavy (non-hydrogen) atoms. The molecular weight excluding hydrogens is 188 g/mol. The number of aryl methyl sites for hydroxylation is 1. The molecule has 0 saturated carbocycles. The molecule has 2 heteroatoms. The van der Waals surface area contributed by atoms with Gasteiger partial charge in [0.05, 0.1) is 12.5 Å². The van der Waals surface area contributed by atoms with E-state index in [2.05, 4.69) is 19.1 Å². The SMILES string of the molecule is CCOC(=O)[C@H](C)Cc1ccccc1C. The fraction of sp³-hybridized carbons (Fsp3) is 0.462. The highest BCUT2D eigenvalue weighted by Crippen LogP contribution is 2.13. The second-order valence-electron chi connectivity index (χ2n) is 3.78. The topological polar surface area (TPSA) is 26.3 Å². The number of hydrogen-bond acceptors (Lipinski definition) is 2. The van der Waals surface area contributed by atoms with Gasteiger partial charge in [-0.2, -0.15) is 0 Å². The van der Waals surface area contributed by atoms with E-state index in [4.69, 9.17) is 4.74 Å². The molecule has 0 bridgehead atoms. The third-order valence-electron chi connectivity index (χ3n) is 2.48. The number of carbonyl (C=O) groups is 1. The molecule has 0 amide bonds. The van der Waals surface area contributed by atoms with E-state index in [1.54, 1.807) is 0 Å². The van der Waals surface area contributed by atoms with Crippen LogP contribution in [0.2, 0.25) is 0 Å². The smallest absolute Gasteiger partial charge is 0.308 e. The minimum Gasteiger partial charge on any atom is -0.466 e. The van der Waals surface area contributed by atoms with E-state index in [1.165, 1.54) is 11.1 Å². The summed E-state index contributed by atoms with van der Waals surface area (Å²) in [5.74, 6) is -0.174. The minimum atomic E-state index is -0.110. The van der Waals surface area contributed by atoms with Gasteiger partial charge in [0.15, 0.2) is 0 Å². The predicted octanol–water partition coefficient (Wildman–Crippen LogP) is 2.74. The van der Waals surface area contributed by atoms with Gasteiger partial charge in [-0.3, -0.25) is 4.79 Å². The van der Waals surface area contributed by atoms with Crippen molar-refractivity contribution in [3.05, 3.63) is 35.4 Å². The largest absolute Gasteiger partial charge is 0.466 e. The summed E-state index contributed by atoms with van der Waals surface area (Å²) in [7, 11) is 0. The molecule has 0 spiro atoms. The van der Waals surface area contributed by atoms with Crippen LogP contribution in [0.15, 0.2) is 24.3 Å². The number of hydrogen-bond donors (Lipinski definition) is 0. The van der Waals surface area contributed by atoms with Crippen LogP contribution in [0.4, 0.5) is 0 Å². The van der Waals surface area contributed by atoms with Crippen LogP contribution in [0.1, 0.15) is 25.0 Å². The Balaban J connectivity index is 2.62. The van der Waals surface area contributed by atoms with Crippen molar-refractivity contribution in [3.63, 3.8) is 0 Å². The van der Waals surface area contributed by atoms with Crippen LogP contribution in [-0.2, 0) is 16.0 Å². The van der Waals surface area contributed by atoms with Gasteiger partial charge in [0.25, 0.3) is 0 Å². The molecule has 1 atom stereocenters. The zero-order chi connectivity index (χ0) is 11.3.